The van der Waals surface area contributed by atoms with Crippen molar-refractivity contribution in [1.82, 2.24) is 4.72 Å². The van der Waals surface area contributed by atoms with E-state index >= 15 is 0 Å². The second kappa shape index (κ2) is 3.32. The lowest BCUT2D eigenvalue weighted by Gasteiger charge is -2.16. The molecule has 3 heteroatoms. The molecule has 9 heavy (non-hydrogen) atoms. The Balaban J connectivity index is 3.74. The van der Waals surface area contributed by atoms with E-state index in [9.17, 15) is 4.21 Å². The highest BCUT2D eigenvalue weighted by molar-refractivity contribution is 7.84. The van der Waals surface area contributed by atoms with Gasteiger partial charge in [-0.3, -0.25) is 0 Å². The Morgan fingerprint density at radius 1 is 1.44 bits per heavy atom. The van der Waals surface area contributed by atoms with Crippen molar-refractivity contribution < 1.29 is 4.21 Å². The van der Waals surface area contributed by atoms with E-state index in [4.69, 9.17) is 0 Å². The quantitative estimate of drug-likeness (QED) is 0.625. The van der Waals surface area contributed by atoms with E-state index in [1.165, 1.54) is 0 Å². The smallest absolute Gasteiger partial charge is 0.0970 e. The molecule has 0 saturated heterocycles. The molecule has 0 rings (SSSR count). The first-order valence-corrected chi connectivity index (χ1v) is 4.29. The fraction of sp³-hybridized carbons (Fsp3) is 1.00. The van der Waals surface area contributed by atoms with Crippen LogP contribution in [0.5, 0.6) is 0 Å². The highest BCUT2D eigenvalue weighted by Crippen LogP contribution is 2.07. The molecule has 0 radical (unpaired) electrons. The largest absolute Gasteiger partial charge is 0.242 e. The molecule has 0 heterocycles. The summed E-state index contributed by atoms with van der Waals surface area (Å²) in [6, 6.07) is 0. The van der Waals surface area contributed by atoms with Crippen LogP contribution in [0, 0.1) is 0 Å². The lowest BCUT2D eigenvalue weighted by molar-refractivity contribution is 0.637. The van der Waals surface area contributed by atoms with Gasteiger partial charge in [0.05, 0.1) is 15.7 Å². The molecule has 1 N–H and O–H groups in total. The zero-order chi connectivity index (χ0) is 7.49. The topological polar surface area (TPSA) is 29.1 Å². The van der Waals surface area contributed by atoms with Crippen molar-refractivity contribution in [3.63, 3.8) is 0 Å². The van der Waals surface area contributed by atoms with Crippen molar-refractivity contribution in [3.8, 4) is 0 Å². The van der Waals surface area contributed by atoms with Gasteiger partial charge in [0.1, 0.15) is 0 Å². The van der Waals surface area contributed by atoms with Crippen LogP contribution in [0.25, 0.3) is 0 Å². The maximum atomic E-state index is 11.1. The molecule has 2 nitrogen and oxygen atoms in total. The molecule has 1 atom stereocenters. The second-order valence-electron chi connectivity index (χ2n) is 2.88. The Hall–Kier alpha value is 0.110. The van der Waals surface area contributed by atoms with Crippen molar-refractivity contribution in [2.75, 3.05) is 6.54 Å². The van der Waals surface area contributed by atoms with Gasteiger partial charge in [0.15, 0.2) is 0 Å². The number of hydrogen-bond acceptors (Lipinski definition) is 1. The second-order valence-corrected chi connectivity index (χ2v) is 4.93. The van der Waals surface area contributed by atoms with Gasteiger partial charge in [-0.05, 0) is 20.8 Å². The van der Waals surface area contributed by atoms with Crippen molar-refractivity contribution in [3.05, 3.63) is 0 Å². The average molecular weight is 149 g/mol. The summed E-state index contributed by atoms with van der Waals surface area (Å²) >= 11 is 0. The van der Waals surface area contributed by atoms with Crippen LogP contribution in [0.4, 0.5) is 0 Å². The van der Waals surface area contributed by atoms with E-state index in [1.807, 2.05) is 27.7 Å². The molecular weight excluding hydrogens is 134 g/mol. The van der Waals surface area contributed by atoms with Crippen molar-refractivity contribution in [2.24, 2.45) is 0 Å². The van der Waals surface area contributed by atoms with E-state index in [0.29, 0.717) is 0 Å². The van der Waals surface area contributed by atoms with Crippen LogP contribution >= 0.6 is 0 Å². The first-order chi connectivity index (χ1) is 3.98. The third-order valence-electron chi connectivity index (χ3n) is 0.832. The van der Waals surface area contributed by atoms with Gasteiger partial charge in [0.2, 0.25) is 0 Å². The first-order valence-electron chi connectivity index (χ1n) is 3.14. The Labute approximate surface area is 59.6 Å². The fourth-order valence-corrected chi connectivity index (χ4v) is 1.04. The van der Waals surface area contributed by atoms with Crippen molar-refractivity contribution in [1.29, 1.82) is 0 Å². The minimum atomic E-state index is -0.887. The number of rotatable bonds is 2. The lowest BCUT2D eigenvalue weighted by atomic mass is 10.3. The van der Waals surface area contributed by atoms with Crippen LogP contribution in [0.3, 0.4) is 0 Å². The molecule has 0 aliphatic rings. The summed E-state index contributed by atoms with van der Waals surface area (Å²) in [5.74, 6) is 0. The van der Waals surface area contributed by atoms with Gasteiger partial charge in [-0.15, -0.1) is 0 Å². The van der Waals surface area contributed by atoms with E-state index in [-0.39, 0.29) is 4.75 Å². The summed E-state index contributed by atoms with van der Waals surface area (Å²) < 4.78 is 13.8. The Morgan fingerprint density at radius 2 is 1.89 bits per heavy atom. The summed E-state index contributed by atoms with van der Waals surface area (Å²) in [5, 5.41) is 0. The van der Waals surface area contributed by atoms with Crippen molar-refractivity contribution >= 4 is 11.0 Å². The maximum absolute atomic E-state index is 11.1. The van der Waals surface area contributed by atoms with Gasteiger partial charge in [0, 0.05) is 6.54 Å². The molecule has 0 aliphatic heterocycles. The van der Waals surface area contributed by atoms with E-state index in [1.54, 1.807) is 0 Å². The average Bonchev–Trinajstić information content (AvgIpc) is 1.64. The van der Waals surface area contributed by atoms with E-state index in [2.05, 4.69) is 4.72 Å². The molecule has 0 fully saturated rings. The monoisotopic (exact) mass is 149 g/mol. The van der Waals surface area contributed by atoms with Crippen LogP contribution in [0.2, 0.25) is 0 Å². The summed E-state index contributed by atoms with van der Waals surface area (Å²) in [6.07, 6.45) is 0. The molecule has 1 unspecified atom stereocenters. The number of hydrogen-bond donors (Lipinski definition) is 1. The molecule has 0 spiro atoms. The van der Waals surface area contributed by atoms with Crippen LogP contribution in [0.15, 0.2) is 0 Å². The van der Waals surface area contributed by atoms with Gasteiger partial charge in [-0.25, -0.2) is 8.93 Å². The predicted molar refractivity (Wildman–Crippen MR) is 41.6 cm³/mol. The third-order valence-corrected chi connectivity index (χ3v) is 2.49. The van der Waals surface area contributed by atoms with E-state index in [0.717, 1.165) is 6.54 Å². The summed E-state index contributed by atoms with van der Waals surface area (Å²) in [4.78, 5) is 0. The van der Waals surface area contributed by atoms with Gasteiger partial charge in [0.25, 0.3) is 0 Å². The minimum absolute atomic E-state index is 0.129. The van der Waals surface area contributed by atoms with Crippen LogP contribution in [-0.2, 0) is 11.0 Å². The third kappa shape index (κ3) is 3.65. The maximum Gasteiger partial charge on any atom is 0.0970 e. The van der Waals surface area contributed by atoms with Crippen LogP contribution in [-0.4, -0.2) is 15.5 Å². The number of nitrogens with one attached hydrogen (secondary N) is 1. The fourth-order valence-electron chi connectivity index (χ4n) is 0.348. The molecule has 56 valence electrons. The molecule has 0 aliphatic carbocycles. The SMILES string of the molecule is CCNS(=O)C(C)(C)C. The summed E-state index contributed by atoms with van der Waals surface area (Å²) in [6.45, 7) is 8.57. The first kappa shape index (κ1) is 9.11. The van der Waals surface area contributed by atoms with Gasteiger partial charge < -0.3 is 0 Å². The standard InChI is InChI=1S/C6H15NOS/c1-5-7-9(8)6(2,3)4/h7H,5H2,1-4H3. The van der Waals surface area contributed by atoms with Crippen molar-refractivity contribution in [2.45, 2.75) is 32.4 Å². The highest BCUT2D eigenvalue weighted by atomic mass is 32.2. The Kier molecular flexibility index (Phi) is 3.36. The molecule has 0 bridgehead atoms. The molecule has 0 aromatic rings. The zero-order valence-electron chi connectivity index (χ0n) is 6.52. The molecular formula is C6H15NOS. The molecule has 0 saturated carbocycles. The Morgan fingerprint density at radius 3 is 2.00 bits per heavy atom. The minimum Gasteiger partial charge on any atom is -0.242 e. The van der Waals surface area contributed by atoms with Crippen LogP contribution < -0.4 is 4.72 Å². The van der Waals surface area contributed by atoms with Crippen LogP contribution in [0.1, 0.15) is 27.7 Å². The van der Waals surface area contributed by atoms with Gasteiger partial charge in [-0.1, -0.05) is 6.92 Å². The summed E-state index contributed by atoms with van der Waals surface area (Å²) in [7, 11) is -0.887. The van der Waals surface area contributed by atoms with E-state index < -0.39 is 11.0 Å². The summed E-state index contributed by atoms with van der Waals surface area (Å²) in [5.41, 5.74) is 0. The highest BCUT2D eigenvalue weighted by Gasteiger charge is 2.17. The lowest BCUT2D eigenvalue weighted by Crippen LogP contribution is -2.32. The Bertz CT molecular complexity index is 106. The molecule has 0 amide bonds. The normalized spacial score (nSPS) is 15.6. The van der Waals surface area contributed by atoms with Gasteiger partial charge >= 0.3 is 0 Å². The molecule has 0 aromatic carbocycles. The molecule has 0 aromatic heterocycles. The predicted octanol–water partition coefficient (Wildman–Crippen LogP) is 1.06. The zero-order valence-corrected chi connectivity index (χ0v) is 7.34. The van der Waals surface area contributed by atoms with Gasteiger partial charge in [-0.2, -0.15) is 0 Å².